The topological polar surface area (TPSA) is 69.4 Å². The van der Waals surface area contributed by atoms with Crippen LogP contribution in [0.4, 0.5) is 0 Å². The van der Waals surface area contributed by atoms with E-state index in [4.69, 9.17) is 9.32 Å². The molecule has 2 saturated carbocycles. The zero-order valence-corrected chi connectivity index (χ0v) is 7.59. The second-order valence-electron chi connectivity index (χ2n) is 3.80. The van der Waals surface area contributed by atoms with Crippen molar-refractivity contribution in [1.29, 1.82) is 0 Å². The third kappa shape index (κ3) is 2.91. The molecule has 2 N–H and O–H groups in total. The molecule has 4 nitrogen and oxygen atoms in total. The summed E-state index contributed by atoms with van der Waals surface area (Å²) >= 11 is 0. The summed E-state index contributed by atoms with van der Waals surface area (Å²) in [7, 11) is -3.73. The summed E-state index contributed by atoms with van der Waals surface area (Å²) in [5.41, 5.74) is 0. The Morgan fingerprint density at radius 2 is 1.92 bits per heavy atom. The Kier molecular flexibility index (Phi) is 3.82. The van der Waals surface area contributed by atoms with Crippen LogP contribution in [0, 0.1) is 11.8 Å². The van der Waals surface area contributed by atoms with Crippen molar-refractivity contribution in [2.45, 2.75) is 31.8 Å². The Morgan fingerprint density at radius 3 is 2.31 bits per heavy atom. The van der Waals surface area contributed by atoms with Crippen molar-refractivity contribution in [1.82, 2.24) is 0 Å². The summed E-state index contributed by atoms with van der Waals surface area (Å²) in [6, 6.07) is 0. The second kappa shape index (κ2) is 4.16. The third-order valence-electron chi connectivity index (χ3n) is 2.93. The van der Waals surface area contributed by atoms with E-state index in [2.05, 4.69) is 0 Å². The molecule has 13 heavy (non-hydrogen) atoms. The van der Waals surface area contributed by atoms with Gasteiger partial charge in [-0.2, -0.15) is 8.42 Å². The molecule has 2 aliphatic carbocycles. The molecule has 0 spiro atoms. The van der Waals surface area contributed by atoms with Crippen LogP contribution in [0.15, 0.2) is 0 Å². The molecule has 2 bridgehead atoms. The van der Waals surface area contributed by atoms with E-state index >= 15 is 0 Å². The SMILES string of the molecule is NS(=O)(=O)OC1CC2CCC1C2.[NaH]. The summed E-state index contributed by atoms with van der Waals surface area (Å²) in [6.07, 6.45) is 4.21. The van der Waals surface area contributed by atoms with E-state index in [9.17, 15) is 8.42 Å². The van der Waals surface area contributed by atoms with Gasteiger partial charge in [0.25, 0.3) is 0 Å². The zero-order chi connectivity index (χ0) is 8.77. The molecule has 6 heteroatoms. The van der Waals surface area contributed by atoms with Crippen LogP contribution in [0.1, 0.15) is 25.7 Å². The Labute approximate surface area is 101 Å². The minimum absolute atomic E-state index is 0. The van der Waals surface area contributed by atoms with Crippen LogP contribution in [-0.2, 0) is 14.5 Å². The van der Waals surface area contributed by atoms with E-state index < -0.39 is 10.3 Å². The zero-order valence-electron chi connectivity index (χ0n) is 6.77. The first kappa shape index (κ1) is 11.9. The van der Waals surface area contributed by atoms with Gasteiger partial charge in [-0.15, -0.1) is 0 Å². The molecule has 3 unspecified atom stereocenters. The van der Waals surface area contributed by atoms with Crippen LogP contribution in [0.2, 0.25) is 0 Å². The predicted octanol–water partition coefficient (Wildman–Crippen LogP) is -0.253. The molecule has 2 rings (SSSR count). The number of nitrogens with two attached hydrogens (primary N) is 1. The van der Waals surface area contributed by atoms with Crippen LogP contribution in [0.5, 0.6) is 0 Å². The predicted molar refractivity (Wildman–Crippen MR) is 50.6 cm³/mol. The van der Waals surface area contributed by atoms with Gasteiger partial charge >= 0.3 is 39.9 Å². The third-order valence-corrected chi connectivity index (χ3v) is 3.45. The van der Waals surface area contributed by atoms with Crippen LogP contribution in [0.3, 0.4) is 0 Å². The van der Waals surface area contributed by atoms with E-state index in [1.807, 2.05) is 0 Å². The van der Waals surface area contributed by atoms with E-state index in [1.54, 1.807) is 0 Å². The second-order valence-corrected chi connectivity index (χ2v) is 4.98. The molecule has 3 atom stereocenters. The molecular formula is C7H14NNaO3S. The van der Waals surface area contributed by atoms with E-state index in [1.165, 1.54) is 6.42 Å². The summed E-state index contributed by atoms with van der Waals surface area (Å²) in [4.78, 5) is 0. The number of hydrogen-bond acceptors (Lipinski definition) is 3. The summed E-state index contributed by atoms with van der Waals surface area (Å²) in [6.45, 7) is 0. The molecule has 0 amide bonds. The van der Waals surface area contributed by atoms with Crippen molar-refractivity contribution in [3.8, 4) is 0 Å². The van der Waals surface area contributed by atoms with Crippen LogP contribution >= 0.6 is 0 Å². The molecule has 72 valence electrons. The van der Waals surface area contributed by atoms with Crippen molar-refractivity contribution < 1.29 is 12.6 Å². The average molecular weight is 215 g/mol. The van der Waals surface area contributed by atoms with Crippen LogP contribution < -0.4 is 5.14 Å². The Hall–Kier alpha value is 0.870. The van der Waals surface area contributed by atoms with Gasteiger partial charge in [0.1, 0.15) is 0 Å². The van der Waals surface area contributed by atoms with Crippen LogP contribution in [-0.4, -0.2) is 44.1 Å². The molecule has 0 heterocycles. The normalized spacial score (nSPS) is 37.5. The van der Waals surface area contributed by atoms with Crippen molar-refractivity contribution >= 4 is 39.9 Å². The standard InChI is InChI=1S/C7H13NO3S.Na.H/c8-12(9,10)11-7-4-5-1-2-6(7)3-5;;/h5-7H,1-4H2,(H2,8,9,10);;. The van der Waals surface area contributed by atoms with Gasteiger partial charge < -0.3 is 0 Å². The first-order chi connectivity index (χ1) is 5.54. The molecule has 2 fully saturated rings. The summed E-state index contributed by atoms with van der Waals surface area (Å²) in [5.74, 6) is 1.12. The van der Waals surface area contributed by atoms with Gasteiger partial charge in [0, 0.05) is 0 Å². The van der Waals surface area contributed by atoms with E-state index in [0.29, 0.717) is 11.8 Å². The van der Waals surface area contributed by atoms with Gasteiger partial charge in [0.2, 0.25) is 0 Å². The van der Waals surface area contributed by atoms with E-state index in [-0.39, 0.29) is 35.7 Å². The molecule has 2 aliphatic rings. The van der Waals surface area contributed by atoms with E-state index in [0.717, 1.165) is 19.3 Å². The molecule has 0 radical (unpaired) electrons. The van der Waals surface area contributed by atoms with Gasteiger partial charge in [0.15, 0.2) is 0 Å². The summed E-state index contributed by atoms with van der Waals surface area (Å²) < 4.78 is 26.0. The first-order valence-corrected chi connectivity index (χ1v) is 5.73. The molecule has 0 aromatic rings. The molecule has 0 aromatic carbocycles. The van der Waals surface area contributed by atoms with Crippen molar-refractivity contribution in [2.24, 2.45) is 17.0 Å². The Balaban J connectivity index is 0.000000845. The maximum atomic E-state index is 10.6. The van der Waals surface area contributed by atoms with Crippen molar-refractivity contribution in [2.75, 3.05) is 0 Å². The Bertz CT molecular complexity index is 279. The van der Waals surface area contributed by atoms with Crippen molar-refractivity contribution in [3.63, 3.8) is 0 Å². The molecular weight excluding hydrogens is 201 g/mol. The first-order valence-electron chi connectivity index (χ1n) is 4.25. The molecule has 0 aromatic heterocycles. The van der Waals surface area contributed by atoms with Gasteiger partial charge in [-0.3, -0.25) is 4.18 Å². The van der Waals surface area contributed by atoms with Crippen LogP contribution in [0.25, 0.3) is 0 Å². The molecule has 0 saturated heterocycles. The number of fused-ring (bicyclic) bond motifs is 2. The van der Waals surface area contributed by atoms with Gasteiger partial charge in [-0.1, -0.05) is 0 Å². The minimum atomic E-state index is -3.73. The summed E-state index contributed by atoms with van der Waals surface area (Å²) in [5, 5.41) is 4.80. The quantitative estimate of drug-likeness (QED) is 0.645. The fourth-order valence-corrected chi connectivity index (χ4v) is 3.06. The number of hydrogen-bond donors (Lipinski definition) is 1. The Morgan fingerprint density at radius 1 is 1.23 bits per heavy atom. The average Bonchev–Trinajstić information content (AvgIpc) is 2.42. The van der Waals surface area contributed by atoms with Gasteiger partial charge in [0.05, 0.1) is 6.10 Å². The monoisotopic (exact) mass is 215 g/mol. The fourth-order valence-electron chi connectivity index (χ4n) is 2.48. The maximum absolute atomic E-state index is 10.6. The van der Waals surface area contributed by atoms with Gasteiger partial charge in [-0.05, 0) is 37.5 Å². The number of rotatable bonds is 2. The fraction of sp³-hybridized carbons (Fsp3) is 1.00. The van der Waals surface area contributed by atoms with Gasteiger partial charge in [-0.25, -0.2) is 5.14 Å². The molecule has 0 aliphatic heterocycles. The van der Waals surface area contributed by atoms with Crippen molar-refractivity contribution in [3.05, 3.63) is 0 Å².